The number of nitrogens with zero attached hydrogens (tertiary/aromatic N) is 1. The first kappa shape index (κ1) is 7.19. The summed E-state index contributed by atoms with van der Waals surface area (Å²) in [4.78, 5) is 2.11. The van der Waals surface area contributed by atoms with Gasteiger partial charge in [0.25, 0.3) is 0 Å². The van der Waals surface area contributed by atoms with E-state index in [1.165, 1.54) is 0 Å². The summed E-state index contributed by atoms with van der Waals surface area (Å²) in [6.45, 7) is 4.75. The number of aliphatic hydroxyl groups is 1. The third-order valence-corrected chi connectivity index (χ3v) is 2.06. The molecule has 0 aliphatic carbocycles. The average Bonchev–Trinajstić information content (AvgIpc) is 1.93. The van der Waals surface area contributed by atoms with Gasteiger partial charge in [-0.3, -0.25) is 0 Å². The van der Waals surface area contributed by atoms with Crippen LogP contribution in [0.4, 0.5) is 0 Å². The molecular formula is C8H13NO. The number of aliphatic hydroxyl groups excluding tert-OH is 1. The second-order valence-corrected chi connectivity index (χ2v) is 2.68. The lowest BCUT2D eigenvalue weighted by Crippen LogP contribution is -2.21. The number of hydrogen-bond acceptors (Lipinski definition) is 2. The number of likely N-dealkylation sites (N-methyl/N-ethyl adjacent to an activating group) is 1. The van der Waals surface area contributed by atoms with Gasteiger partial charge < -0.3 is 10.0 Å². The van der Waals surface area contributed by atoms with Crippen molar-refractivity contribution in [1.29, 1.82) is 0 Å². The molecule has 1 N–H and O–H groups in total. The van der Waals surface area contributed by atoms with Crippen LogP contribution >= 0.6 is 0 Å². The Balaban J connectivity index is 2.94. The summed E-state index contributed by atoms with van der Waals surface area (Å²) in [5.41, 5.74) is 2.13. The van der Waals surface area contributed by atoms with Crippen LogP contribution in [-0.2, 0) is 0 Å². The highest BCUT2D eigenvalue weighted by atomic mass is 16.3. The molecule has 1 aliphatic rings. The summed E-state index contributed by atoms with van der Waals surface area (Å²) in [6.07, 6.45) is 1.82. The van der Waals surface area contributed by atoms with Crippen molar-refractivity contribution in [3.05, 3.63) is 23.1 Å². The Morgan fingerprint density at radius 2 is 2.10 bits per heavy atom. The van der Waals surface area contributed by atoms with Gasteiger partial charge in [-0.25, -0.2) is 0 Å². The molecule has 1 heterocycles. The molecule has 0 aromatic carbocycles. The summed E-state index contributed by atoms with van der Waals surface area (Å²) < 4.78 is 0. The second kappa shape index (κ2) is 2.37. The Kier molecular flexibility index (Phi) is 1.70. The third-order valence-electron chi connectivity index (χ3n) is 2.06. The topological polar surface area (TPSA) is 23.5 Å². The van der Waals surface area contributed by atoms with Gasteiger partial charge in [-0.15, -0.1) is 0 Å². The zero-order valence-corrected chi connectivity index (χ0v) is 6.68. The van der Waals surface area contributed by atoms with E-state index in [1.54, 1.807) is 0 Å². The maximum Gasteiger partial charge on any atom is 0.117 e. The minimum Gasteiger partial charge on any atom is -0.508 e. The van der Waals surface area contributed by atoms with Crippen molar-refractivity contribution in [3.63, 3.8) is 0 Å². The number of rotatable bonds is 0. The first-order valence-electron chi connectivity index (χ1n) is 3.41. The summed E-state index contributed by atoms with van der Waals surface area (Å²) >= 11 is 0. The Morgan fingerprint density at radius 1 is 1.50 bits per heavy atom. The molecule has 0 saturated carbocycles. The molecule has 0 amide bonds. The predicted molar refractivity (Wildman–Crippen MR) is 41.7 cm³/mol. The normalized spacial score (nSPS) is 19.5. The molecule has 0 aromatic heterocycles. The predicted octanol–water partition coefficient (Wildman–Crippen LogP) is 1.67. The van der Waals surface area contributed by atoms with Gasteiger partial charge in [-0.1, -0.05) is 0 Å². The van der Waals surface area contributed by atoms with Crippen LogP contribution < -0.4 is 0 Å². The molecule has 2 nitrogen and oxygen atoms in total. The van der Waals surface area contributed by atoms with Crippen molar-refractivity contribution < 1.29 is 5.11 Å². The molecule has 0 fully saturated rings. The molecule has 0 unspecified atom stereocenters. The van der Waals surface area contributed by atoms with Crippen LogP contribution in [0.25, 0.3) is 0 Å². The maximum absolute atomic E-state index is 9.24. The van der Waals surface area contributed by atoms with E-state index in [1.807, 2.05) is 27.0 Å². The van der Waals surface area contributed by atoms with Crippen LogP contribution in [0.2, 0.25) is 0 Å². The van der Waals surface area contributed by atoms with Gasteiger partial charge in [0.15, 0.2) is 0 Å². The van der Waals surface area contributed by atoms with Crippen LogP contribution in [-0.4, -0.2) is 23.6 Å². The lowest BCUT2D eigenvalue weighted by Gasteiger charge is -2.24. The van der Waals surface area contributed by atoms with Gasteiger partial charge in [-0.05, 0) is 19.9 Å². The highest BCUT2D eigenvalue weighted by Crippen LogP contribution is 2.18. The van der Waals surface area contributed by atoms with E-state index >= 15 is 0 Å². The van der Waals surface area contributed by atoms with E-state index in [9.17, 15) is 5.11 Å². The van der Waals surface area contributed by atoms with Gasteiger partial charge in [0, 0.05) is 24.9 Å². The molecule has 0 saturated heterocycles. The lowest BCUT2D eigenvalue weighted by molar-refractivity contribution is 0.378. The fraction of sp³-hybridized carbons (Fsp3) is 0.500. The van der Waals surface area contributed by atoms with Gasteiger partial charge >= 0.3 is 0 Å². The van der Waals surface area contributed by atoms with Crippen molar-refractivity contribution in [2.75, 3.05) is 13.6 Å². The quantitative estimate of drug-likeness (QED) is 0.551. The van der Waals surface area contributed by atoms with E-state index in [2.05, 4.69) is 4.90 Å². The fourth-order valence-corrected chi connectivity index (χ4v) is 0.985. The van der Waals surface area contributed by atoms with Crippen molar-refractivity contribution in [3.8, 4) is 0 Å². The average molecular weight is 139 g/mol. The smallest absolute Gasteiger partial charge is 0.117 e. The summed E-state index contributed by atoms with van der Waals surface area (Å²) in [5.74, 6) is 0.426. The third kappa shape index (κ3) is 1.01. The van der Waals surface area contributed by atoms with Crippen molar-refractivity contribution in [1.82, 2.24) is 4.90 Å². The van der Waals surface area contributed by atoms with Gasteiger partial charge in [0.1, 0.15) is 5.76 Å². The minimum atomic E-state index is 0.426. The highest BCUT2D eigenvalue weighted by molar-refractivity contribution is 5.30. The molecule has 0 radical (unpaired) electrons. The molecule has 1 aliphatic heterocycles. The van der Waals surface area contributed by atoms with Crippen molar-refractivity contribution in [2.24, 2.45) is 0 Å². The van der Waals surface area contributed by atoms with Crippen LogP contribution in [0.5, 0.6) is 0 Å². The Labute approximate surface area is 61.5 Å². The molecule has 0 atom stereocenters. The molecule has 0 aromatic rings. The van der Waals surface area contributed by atoms with Crippen LogP contribution in [0, 0.1) is 0 Å². The van der Waals surface area contributed by atoms with Crippen molar-refractivity contribution in [2.45, 2.75) is 13.8 Å². The van der Waals surface area contributed by atoms with E-state index in [0.29, 0.717) is 5.76 Å². The largest absolute Gasteiger partial charge is 0.508 e. The van der Waals surface area contributed by atoms with E-state index in [-0.39, 0.29) is 0 Å². The molecule has 0 spiro atoms. The molecule has 0 bridgehead atoms. The fourth-order valence-electron chi connectivity index (χ4n) is 0.985. The van der Waals surface area contributed by atoms with Crippen LogP contribution in [0.3, 0.4) is 0 Å². The summed E-state index contributed by atoms with van der Waals surface area (Å²) in [6, 6.07) is 0. The van der Waals surface area contributed by atoms with Crippen molar-refractivity contribution >= 4 is 0 Å². The first-order valence-corrected chi connectivity index (χ1v) is 3.41. The molecule has 1 rings (SSSR count). The van der Waals surface area contributed by atoms with Gasteiger partial charge in [0.2, 0.25) is 0 Å². The second-order valence-electron chi connectivity index (χ2n) is 2.68. The minimum absolute atomic E-state index is 0.426. The molecular weight excluding hydrogens is 126 g/mol. The lowest BCUT2D eigenvalue weighted by atomic mass is 10.1. The summed E-state index contributed by atoms with van der Waals surface area (Å²) in [7, 11) is 2.02. The maximum atomic E-state index is 9.24. The zero-order chi connectivity index (χ0) is 7.72. The van der Waals surface area contributed by atoms with Gasteiger partial charge in [0.05, 0.1) is 0 Å². The Bertz CT molecular complexity index is 203. The van der Waals surface area contributed by atoms with E-state index < -0.39 is 0 Å². The highest BCUT2D eigenvalue weighted by Gasteiger charge is 2.10. The monoisotopic (exact) mass is 139 g/mol. The number of allylic oxidation sites excluding steroid dienone is 2. The van der Waals surface area contributed by atoms with Crippen LogP contribution in [0.1, 0.15) is 13.8 Å². The van der Waals surface area contributed by atoms with E-state index in [0.717, 1.165) is 17.8 Å². The molecule has 56 valence electrons. The van der Waals surface area contributed by atoms with E-state index in [4.69, 9.17) is 0 Å². The molecule has 10 heavy (non-hydrogen) atoms. The zero-order valence-electron chi connectivity index (χ0n) is 6.68. The first-order chi connectivity index (χ1) is 4.63. The standard InChI is InChI=1S/C8H13NO/c1-6-7(2)9(3)5-4-8(6)10/h4,10H,5H2,1-3H3. The van der Waals surface area contributed by atoms with Gasteiger partial charge in [-0.2, -0.15) is 0 Å². The SMILES string of the molecule is CC1=C(C)N(C)CC=C1O. The molecule has 2 heteroatoms. The van der Waals surface area contributed by atoms with Crippen LogP contribution in [0.15, 0.2) is 23.1 Å². The Morgan fingerprint density at radius 3 is 2.60 bits per heavy atom. The number of hydrogen-bond donors (Lipinski definition) is 1. The summed E-state index contributed by atoms with van der Waals surface area (Å²) in [5, 5.41) is 9.24. The Hall–Kier alpha value is -0.920.